The highest BCUT2D eigenvalue weighted by molar-refractivity contribution is 5.93. The number of carbonyl (C=O) groups is 3. The molecule has 0 bridgehead atoms. The summed E-state index contributed by atoms with van der Waals surface area (Å²) in [7, 11) is 1.49. The number of hydrogen-bond acceptors (Lipinski definition) is 7. The summed E-state index contributed by atoms with van der Waals surface area (Å²) in [5.74, 6) is -1.15. The molecule has 0 aromatic heterocycles. The molecule has 0 aliphatic carbocycles. The minimum atomic E-state index is -0.780. The lowest BCUT2D eigenvalue weighted by molar-refractivity contribution is -0.147. The zero-order valence-electron chi connectivity index (χ0n) is 15.4. The van der Waals surface area contributed by atoms with Crippen molar-refractivity contribution in [3.8, 4) is 0 Å². The first kappa shape index (κ1) is 22.7. The molecule has 0 heterocycles. The summed E-state index contributed by atoms with van der Waals surface area (Å²) in [6.45, 7) is 5.99. The Kier molecular flexibility index (Phi) is 11.8. The van der Waals surface area contributed by atoms with Gasteiger partial charge in [-0.1, -0.05) is 20.8 Å². The van der Waals surface area contributed by atoms with Crippen LogP contribution in [0.25, 0.3) is 0 Å². The van der Waals surface area contributed by atoms with Gasteiger partial charge in [0.05, 0.1) is 25.7 Å². The fraction of sp³-hybridized carbons (Fsp3) is 0.750. The number of carbonyl (C=O) groups excluding carboxylic acids is 3. The number of likely N-dealkylation sites (N-methyl/N-ethyl adjacent to an activating group) is 1. The molecule has 9 nitrogen and oxygen atoms in total. The van der Waals surface area contributed by atoms with Crippen LogP contribution in [0.4, 0.5) is 4.79 Å². The van der Waals surface area contributed by atoms with Crippen molar-refractivity contribution in [2.24, 2.45) is 5.92 Å². The summed E-state index contributed by atoms with van der Waals surface area (Å²) in [4.78, 5) is 35.4. The lowest BCUT2D eigenvalue weighted by Crippen LogP contribution is -2.44. The van der Waals surface area contributed by atoms with E-state index < -0.39 is 12.1 Å². The van der Waals surface area contributed by atoms with E-state index in [4.69, 9.17) is 19.6 Å². The van der Waals surface area contributed by atoms with E-state index in [1.165, 1.54) is 11.9 Å². The molecular formula is C16H29N3O6. The first-order valence-corrected chi connectivity index (χ1v) is 8.33. The van der Waals surface area contributed by atoms with E-state index in [-0.39, 0.29) is 37.6 Å². The summed E-state index contributed by atoms with van der Waals surface area (Å²) in [6, 6.07) is 0. The minimum Gasteiger partial charge on any atom is -0.465 e. The maximum atomic E-state index is 11.5. The van der Waals surface area contributed by atoms with Crippen LogP contribution in [0.3, 0.4) is 0 Å². The second-order valence-corrected chi connectivity index (χ2v) is 5.72. The summed E-state index contributed by atoms with van der Waals surface area (Å²) in [5.41, 5.74) is 0. The Morgan fingerprint density at radius 3 is 2.20 bits per heavy atom. The van der Waals surface area contributed by atoms with Gasteiger partial charge in [0, 0.05) is 7.05 Å². The molecule has 0 fully saturated rings. The Balaban J connectivity index is 3.81. The van der Waals surface area contributed by atoms with Crippen LogP contribution in [0.15, 0.2) is 0 Å². The number of ether oxygens (including phenoxy) is 3. The zero-order chi connectivity index (χ0) is 19.2. The van der Waals surface area contributed by atoms with Gasteiger partial charge in [-0.25, -0.2) is 4.79 Å². The van der Waals surface area contributed by atoms with E-state index in [1.807, 2.05) is 6.92 Å². The van der Waals surface area contributed by atoms with Crippen molar-refractivity contribution in [2.75, 3.05) is 33.4 Å². The predicted molar refractivity (Wildman–Crippen MR) is 91.1 cm³/mol. The van der Waals surface area contributed by atoms with Crippen molar-refractivity contribution >= 4 is 24.0 Å². The van der Waals surface area contributed by atoms with E-state index in [2.05, 4.69) is 5.32 Å². The van der Waals surface area contributed by atoms with E-state index in [0.29, 0.717) is 25.9 Å². The van der Waals surface area contributed by atoms with Gasteiger partial charge in [-0.3, -0.25) is 20.3 Å². The zero-order valence-corrected chi connectivity index (χ0v) is 15.4. The number of esters is 2. The van der Waals surface area contributed by atoms with Crippen molar-refractivity contribution in [3.63, 3.8) is 0 Å². The fourth-order valence-corrected chi connectivity index (χ4v) is 1.47. The number of alkyl carbamates (subject to hydrolysis) is 1. The van der Waals surface area contributed by atoms with Crippen molar-refractivity contribution in [3.05, 3.63) is 0 Å². The molecule has 0 aromatic carbocycles. The standard InChI is InChI=1S/C16H29N3O6/c1-5-8-23-13(20)11-19(4)15(17)18-16(22)25-10-7-6-9-24-14(21)12(2)3/h12H,5-11H2,1-4H3,(H2,17,18,22). The summed E-state index contributed by atoms with van der Waals surface area (Å²) in [6.07, 6.45) is 1.05. The molecule has 2 N–H and O–H groups in total. The topological polar surface area (TPSA) is 118 Å². The Bertz CT molecular complexity index is 453. The number of guanidine groups is 1. The Morgan fingerprint density at radius 2 is 1.64 bits per heavy atom. The molecule has 0 spiro atoms. The van der Waals surface area contributed by atoms with Gasteiger partial charge in [-0.2, -0.15) is 0 Å². The molecule has 0 saturated heterocycles. The molecule has 1 amide bonds. The maximum Gasteiger partial charge on any atom is 0.413 e. The molecule has 0 saturated carbocycles. The largest absolute Gasteiger partial charge is 0.465 e. The third-order valence-electron chi connectivity index (χ3n) is 2.92. The second-order valence-electron chi connectivity index (χ2n) is 5.72. The Morgan fingerprint density at radius 1 is 1.04 bits per heavy atom. The van der Waals surface area contributed by atoms with Gasteiger partial charge < -0.3 is 19.1 Å². The predicted octanol–water partition coefficient (Wildman–Crippen LogP) is 1.51. The van der Waals surface area contributed by atoms with Crippen LogP contribution in [-0.2, 0) is 23.8 Å². The van der Waals surface area contributed by atoms with Crippen molar-refractivity contribution in [1.82, 2.24) is 10.2 Å². The third-order valence-corrected chi connectivity index (χ3v) is 2.92. The molecule has 144 valence electrons. The highest BCUT2D eigenvalue weighted by atomic mass is 16.6. The molecule has 0 aliphatic heterocycles. The van der Waals surface area contributed by atoms with Crippen molar-refractivity contribution in [1.29, 1.82) is 5.41 Å². The van der Waals surface area contributed by atoms with Gasteiger partial charge in [0.15, 0.2) is 0 Å². The van der Waals surface area contributed by atoms with E-state index >= 15 is 0 Å². The maximum absolute atomic E-state index is 11.5. The van der Waals surface area contributed by atoms with E-state index in [9.17, 15) is 14.4 Å². The second kappa shape index (κ2) is 13.0. The Labute approximate surface area is 148 Å². The minimum absolute atomic E-state index is 0.139. The molecule has 9 heteroatoms. The quantitative estimate of drug-likeness (QED) is 0.199. The van der Waals surface area contributed by atoms with E-state index in [0.717, 1.165) is 0 Å². The highest BCUT2D eigenvalue weighted by Gasteiger charge is 2.14. The summed E-state index contributed by atoms with van der Waals surface area (Å²) < 4.78 is 14.8. The third kappa shape index (κ3) is 11.8. The normalized spacial score (nSPS) is 10.1. The van der Waals surface area contributed by atoms with Crippen LogP contribution in [0.5, 0.6) is 0 Å². The van der Waals surface area contributed by atoms with E-state index in [1.54, 1.807) is 13.8 Å². The van der Waals surface area contributed by atoms with Crippen LogP contribution in [0.2, 0.25) is 0 Å². The fourth-order valence-electron chi connectivity index (χ4n) is 1.47. The van der Waals surface area contributed by atoms with Gasteiger partial charge in [0.1, 0.15) is 6.54 Å². The van der Waals surface area contributed by atoms with Crippen molar-refractivity contribution < 1.29 is 28.6 Å². The molecule has 25 heavy (non-hydrogen) atoms. The van der Waals surface area contributed by atoms with Gasteiger partial charge in [0.25, 0.3) is 0 Å². The van der Waals surface area contributed by atoms with Gasteiger partial charge in [-0.15, -0.1) is 0 Å². The number of nitrogens with one attached hydrogen (secondary N) is 2. The number of nitrogens with zero attached hydrogens (tertiary/aromatic N) is 1. The molecule has 0 unspecified atom stereocenters. The molecule has 0 rings (SSSR count). The molecule has 0 aromatic rings. The molecule has 0 radical (unpaired) electrons. The van der Waals surface area contributed by atoms with Crippen LogP contribution in [0.1, 0.15) is 40.0 Å². The van der Waals surface area contributed by atoms with Gasteiger partial charge in [0.2, 0.25) is 5.96 Å². The average Bonchev–Trinajstić information content (AvgIpc) is 2.55. The smallest absolute Gasteiger partial charge is 0.413 e. The van der Waals surface area contributed by atoms with Crippen LogP contribution >= 0.6 is 0 Å². The molecular weight excluding hydrogens is 330 g/mol. The first-order valence-electron chi connectivity index (χ1n) is 8.33. The first-order chi connectivity index (χ1) is 11.8. The summed E-state index contributed by atoms with van der Waals surface area (Å²) in [5, 5.41) is 9.90. The number of rotatable bonds is 10. The SMILES string of the molecule is CCCOC(=O)CN(C)C(=N)NC(=O)OCCCCOC(=O)C(C)C. The van der Waals surface area contributed by atoms with Gasteiger partial charge >= 0.3 is 18.0 Å². The lowest BCUT2D eigenvalue weighted by atomic mass is 10.2. The molecule has 0 atom stereocenters. The number of unbranched alkanes of at least 4 members (excludes halogenated alkanes) is 1. The monoisotopic (exact) mass is 359 g/mol. The van der Waals surface area contributed by atoms with Crippen LogP contribution in [0, 0.1) is 11.3 Å². The highest BCUT2D eigenvalue weighted by Crippen LogP contribution is 1.98. The number of hydrogen-bond donors (Lipinski definition) is 2. The van der Waals surface area contributed by atoms with Crippen LogP contribution < -0.4 is 5.32 Å². The lowest BCUT2D eigenvalue weighted by Gasteiger charge is -2.19. The molecule has 0 aliphatic rings. The average molecular weight is 359 g/mol. The Hall–Kier alpha value is -2.32. The van der Waals surface area contributed by atoms with Crippen LogP contribution in [-0.4, -0.2) is 62.3 Å². The summed E-state index contributed by atoms with van der Waals surface area (Å²) >= 11 is 0. The van der Waals surface area contributed by atoms with Crippen molar-refractivity contribution in [2.45, 2.75) is 40.0 Å². The number of amides is 1. The van der Waals surface area contributed by atoms with Gasteiger partial charge in [-0.05, 0) is 19.3 Å².